The van der Waals surface area contributed by atoms with Crippen molar-refractivity contribution in [1.82, 2.24) is 0 Å². The summed E-state index contributed by atoms with van der Waals surface area (Å²) in [6.45, 7) is 3.99. The molecule has 3 nitrogen and oxygen atoms in total. The molecule has 2 rings (SSSR count). The lowest BCUT2D eigenvalue weighted by Crippen LogP contribution is -2.29. The van der Waals surface area contributed by atoms with Gasteiger partial charge in [-0.3, -0.25) is 0 Å². The summed E-state index contributed by atoms with van der Waals surface area (Å²) in [5.74, 6) is 1.75. The Morgan fingerprint density at radius 2 is 1.73 bits per heavy atom. The summed E-state index contributed by atoms with van der Waals surface area (Å²) in [6.07, 6.45) is 4.89. The number of rotatable bonds is 3. The zero-order chi connectivity index (χ0) is 10.7. The molecule has 2 fully saturated rings. The van der Waals surface area contributed by atoms with E-state index in [9.17, 15) is 0 Å². The second-order valence-corrected chi connectivity index (χ2v) is 4.94. The van der Waals surface area contributed by atoms with Crippen LogP contribution in [-0.2, 0) is 9.47 Å². The molecule has 1 N–H and O–H groups in total. The molecular formula is C12H22O3. The summed E-state index contributed by atoms with van der Waals surface area (Å²) >= 11 is 0. The average Bonchev–Trinajstić information content (AvgIpc) is 2.82. The van der Waals surface area contributed by atoms with E-state index >= 15 is 0 Å². The van der Waals surface area contributed by atoms with Gasteiger partial charge in [0.05, 0.1) is 13.2 Å². The highest BCUT2D eigenvalue weighted by molar-refractivity contribution is 4.78. The first-order valence-electron chi connectivity index (χ1n) is 6.15. The van der Waals surface area contributed by atoms with Crippen molar-refractivity contribution in [1.29, 1.82) is 0 Å². The molecule has 2 aliphatic rings. The van der Waals surface area contributed by atoms with Crippen molar-refractivity contribution in [2.75, 3.05) is 19.8 Å². The third kappa shape index (κ3) is 2.71. The normalized spacial score (nSPS) is 35.6. The van der Waals surface area contributed by atoms with Gasteiger partial charge in [0.2, 0.25) is 0 Å². The van der Waals surface area contributed by atoms with Crippen LogP contribution >= 0.6 is 0 Å². The number of aliphatic hydroxyl groups excluding tert-OH is 1. The second-order valence-electron chi connectivity index (χ2n) is 4.94. The van der Waals surface area contributed by atoms with E-state index < -0.39 is 0 Å². The van der Waals surface area contributed by atoms with Gasteiger partial charge in [0.1, 0.15) is 0 Å². The summed E-state index contributed by atoms with van der Waals surface area (Å²) in [6, 6.07) is 0. The Morgan fingerprint density at radius 1 is 1.13 bits per heavy atom. The van der Waals surface area contributed by atoms with Gasteiger partial charge < -0.3 is 14.6 Å². The van der Waals surface area contributed by atoms with Crippen LogP contribution in [0.15, 0.2) is 0 Å². The van der Waals surface area contributed by atoms with Crippen molar-refractivity contribution in [2.45, 2.75) is 38.9 Å². The molecule has 1 saturated heterocycles. The minimum absolute atomic E-state index is 0.0652. The van der Waals surface area contributed by atoms with E-state index in [2.05, 4.69) is 6.92 Å². The molecule has 1 saturated carbocycles. The van der Waals surface area contributed by atoms with Crippen LogP contribution in [-0.4, -0.2) is 31.2 Å². The van der Waals surface area contributed by atoms with Crippen molar-refractivity contribution < 1.29 is 14.6 Å². The summed E-state index contributed by atoms with van der Waals surface area (Å²) in [4.78, 5) is 0. The molecule has 0 aromatic carbocycles. The quantitative estimate of drug-likeness (QED) is 0.778. The van der Waals surface area contributed by atoms with E-state index in [0.717, 1.165) is 13.2 Å². The first-order chi connectivity index (χ1) is 7.31. The van der Waals surface area contributed by atoms with Crippen LogP contribution in [0.1, 0.15) is 32.6 Å². The Hall–Kier alpha value is -0.120. The largest absolute Gasteiger partial charge is 0.396 e. The highest BCUT2D eigenvalue weighted by atomic mass is 16.7. The highest BCUT2D eigenvalue weighted by Crippen LogP contribution is 2.36. The number of hydrogen-bond donors (Lipinski definition) is 1. The van der Waals surface area contributed by atoms with Crippen LogP contribution in [0.5, 0.6) is 0 Å². The molecular weight excluding hydrogens is 192 g/mol. The van der Waals surface area contributed by atoms with E-state index in [1.807, 2.05) is 0 Å². The molecule has 3 heteroatoms. The van der Waals surface area contributed by atoms with Gasteiger partial charge in [0.15, 0.2) is 6.29 Å². The van der Waals surface area contributed by atoms with Crippen molar-refractivity contribution in [3.63, 3.8) is 0 Å². The maximum atomic E-state index is 9.12. The standard InChI is InChI=1S/C12H22O3/c1-9(8-13)10-2-4-11(5-3-10)12-14-6-7-15-12/h9-13H,2-8H2,1H3. The smallest absolute Gasteiger partial charge is 0.160 e. The predicted molar refractivity (Wildman–Crippen MR) is 57.4 cm³/mol. The van der Waals surface area contributed by atoms with Gasteiger partial charge in [-0.2, -0.15) is 0 Å². The van der Waals surface area contributed by atoms with E-state index in [0.29, 0.717) is 24.4 Å². The van der Waals surface area contributed by atoms with Crippen molar-refractivity contribution in [2.24, 2.45) is 17.8 Å². The van der Waals surface area contributed by atoms with Gasteiger partial charge in [-0.1, -0.05) is 6.92 Å². The fourth-order valence-electron chi connectivity index (χ4n) is 2.78. The average molecular weight is 214 g/mol. The highest BCUT2D eigenvalue weighted by Gasteiger charge is 2.32. The molecule has 0 spiro atoms. The van der Waals surface area contributed by atoms with Crippen LogP contribution in [0.2, 0.25) is 0 Å². The zero-order valence-electron chi connectivity index (χ0n) is 9.52. The van der Waals surface area contributed by atoms with Crippen LogP contribution < -0.4 is 0 Å². The van der Waals surface area contributed by atoms with E-state index in [-0.39, 0.29) is 6.29 Å². The zero-order valence-corrected chi connectivity index (χ0v) is 9.52. The molecule has 0 bridgehead atoms. The molecule has 15 heavy (non-hydrogen) atoms. The number of aliphatic hydroxyl groups is 1. The molecule has 1 atom stereocenters. The van der Waals surface area contributed by atoms with Crippen LogP contribution in [0.25, 0.3) is 0 Å². The molecule has 88 valence electrons. The van der Waals surface area contributed by atoms with Gasteiger partial charge in [0.25, 0.3) is 0 Å². The summed E-state index contributed by atoms with van der Waals surface area (Å²) < 4.78 is 11.1. The molecule has 0 amide bonds. The molecule has 0 aromatic rings. The van der Waals surface area contributed by atoms with Crippen molar-refractivity contribution in [3.05, 3.63) is 0 Å². The molecule has 1 unspecified atom stereocenters. The lowest BCUT2D eigenvalue weighted by molar-refractivity contribution is -0.0970. The third-order valence-corrected chi connectivity index (χ3v) is 3.94. The Kier molecular flexibility index (Phi) is 4.00. The Balaban J connectivity index is 1.76. The molecule has 1 heterocycles. The first kappa shape index (κ1) is 11.4. The van der Waals surface area contributed by atoms with E-state index in [4.69, 9.17) is 14.6 Å². The van der Waals surface area contributed by atoms with Gasteiger partial charge in [-0.25, -0.2) is 0 Å². The van der Waals surface area contributed by atoms with E-state index in [1.165, 1.54) is 25.7 Å². The van der Waals surface area contributed by atoms with Crippen molar-refractivity contribution >= 4 is 0 Å². The Labute approximate surface area is 91.8 Å². The van der Waals surface area contributed by atoms with Crippen molar-refractivity contribution in [3.8, 4) is 0 Å². The summed E-state index contributed by atoms with van der Waals surface area (Å²) in [5, 5.41) is 9.12. The lowest BCUT2D eigenvalue weighted by Gasteiger charge is -2.33. The first-order valence-corrected chi connectivity index (χ1v) is 6.15. The lowest BCUT2D eigenvalue weighted by atomic mass is 9.76. The minimum Gasteiger partial charge on any atom is -0.396 e. The third-order valence-electron chi connectivity index (χ3n) is 3.94. The summed E-state index contributed by atoms with van der Waals surface area (Å²) in [5.41, 5.74) is 0. The van der Waals surface area contributed by atoms with Gasteiger partial charge >= 0.3 is 0 Å². The van der Waals surface area contributed by atoms with Crippen LogP contribution in [0.3, 0.4) is 0 Å². The number of ether oxygens (including phenoxy) is 2. The Bertz CT molecular complexity index is 181. The second kappa shape index (κ2) is 5.28. The fourth-order valence-corrected chi connectivity index (χ4v) is 2.78. The maximum absolute atomic E-state index is 9.12. The predicted octanol–water partition coefficient (Wildman–Crippen LogP) is 1.79. The molecule has 0 aromatic heterocycles. The molecule has 0 radical (unpaired) electrons. The van der Waals surface area contributed by atoms with Gasteiger partial charge in [-0.05, 0) is 37.5 Å². The minimum atomic E-state index is 0.0652. The molecule has 1 aliphatic carbocycles. The molecule has 1 aliphatic heterocycles. The van der Waals surface area contributed by atoms with E-state index in [1.54, 1.807) is 0 Å². The van der Waals surface area contributed by atoms with Gasteiger partial charge in [0, 0.05) is 12.5 Å². The number of hydrogen-bond acceptors (Lipinski definition) is 3. The Morgan fingerprint density at radius 3 is 2.27 bits per heavy atom. The summed E-state index contributed by atoms with van der Waals surface area (Å²) in [7, 11) is 0. The maximum Gasteiger partial charge on any atom is 0.160 e. The van der Waals surface area contributed by atoms with Gasteiger partial charge in [-0.15, -0.1) is 0 Å². The van der Waals surface area contributed by atoms with Crippen LogP contribution in [0.4, 0.5) is 0 Å². The van der Waals surface area contributed by atoms with Crippen LogP contribution in [0, 0.1) is 17.8 Å². The topological polar surface area (TPSA) is 38.7 Å². The SMILES string of the molecule is CC(CO)C1CCC(C2OCCO2)CC1. The monoisotopic (exact) mass is 214 g/mol. The fraction of sp³-hybridized carbons (Fsp3) is 1.00.